The van der Waals surface area contributed by atoms with Gasteiger partial charge in [-0.05, 0) is 89.2 Å². The molecule has 0 unspecified atom stereocenters. The third-order valence-electron chi connectivity index (χ3n) is 9.51. The molecule has 0 saturated carbocycles. The standard InChI is InChI=1S/C44H74O7S/c1-3-5-7-9-11-13-15-17-19-21-23-25-27-29-31-33-38-50-43(45)40-36-35-37-41(52(47,48)49)42(40)44(46)51-39-34-32-30-28-26-24-22-20-18-16-14-12-10-8-6-4-2/h23-26,35-37H,3-22,27-34,38-39H2,1-2H3,(H,47,48,49)/b25-23+,26-24+. The Kier molecular flexibility index (Phi) is 30.3. The summed E-state index contributed by atoms with van der Waals surface area (Å²) in [5.74, 6) is -1.78. The largest absolute Gasteiger partial charge is 0.462 e. The Balaban J connectivity index is 2.29. The molecule has 0 aliphatic rings. The summed E-state index contributed by atoms with van der Waals surface area (Å²) in [4.78, 5) is 25.3. The zero-order chi connectivity index (χ0) is 38.0. The predicted octanol–water partition coefficient (Wildman–Crippen LogP) is 13.3. The molecule has 0 aliphatic carbocycles. The number of rotatable bonds is 35. The summed E-state index contributed by atoms with van der Waals surface area (Å²) in [5, 5.41) is 0. The van der Waals surface area contributed by atoms with E-state index in [-0.39, 0.29) is 18.8 Å². The molecule has 1 aromatic carbocycles. The van der Waals surface area contributed by atoms with E-state index in [4.69, 9.17) is 9.47 Å². The van der Waals surface area contributed by atoms with Gasteiger partial charge in [0.15, 0.2) is 0 Å². The molecular weight excluding hydrogens is 673 g/mol. The molecule has 0 atom stereocenters. The summed E-state index contributed by atoms with van der Waals surface area (Å²) >= 11 is 0. The van der Waals surface area contributed by atoms with Gasteiger partial charge in [0, 0.05) is 0 Å². The molecule has 0 amide bonds. The summed E-state index contributed by atoms with van der Waals surface area (Å²) in [6, 6.07) is 3.72. The number of ether oxygens (including phenoxy) is 2. The molecule has 1 rings (SSSR count). The Morgan fingerprint density at radius 2 is 0.865 bits per heavy atom. The molecule has 298 valence electrons. The Labute approximate surface area is 318 Å². The van der Waals surface area contributed by atoms with Crippen molar-refractivity contribution in [3.63, 3.8) is 0 Å². The number of unbranched alkanes of at least 4 members (excludes halogenated alkanes) is 24. The maximum atomic E-state index is 13.0. The Bertz CT molecular complexity index is 1200. The zero-order valence-electron chi connectivity index (χ0n) is 33.1. The molecule has 0 spiro atoms. The Morgan fingerprint density at radius 1 is 0.519 bits per heavy atom. The maximum Gasteiger partial charge on any atom is 0.340 e. The molecule has 0 radical (unpaired) electrons. The molecule has 52 heavy (non-hydrogen) atoms. The van der Waals surface area contributed by atoms with Gasteiger partial charge in [0.25, 0.3) is 10.1 Å². The van der Waals surface area contributed by atoms with Gasteiger partial charge in [-0.25, -0.2) is 9.59 Å². The quantitative estimate of drug-likeness (QED) is 0.0319. The number of allylic oxidation sites excluding steroid dienone is 4. The van der Waals surface area contributed by atoms with Crippen molar-refractivity contribution in [3.8, 4) is 0 Å². The lowest BCUT2D eigenvalue weighted by atomic mass is 10.1. The first-order chi connectivity index (χ1) is 25.3. The third-order valence-corrected chi connectivity index (χ3v) is 10.4. The van der Waals surface area contributed by atoms with Crippen LogP contribution in [0.1, 0.15) is 214 Å². The minimum absolute atomic E-state index is 0.0862. The van der Waals surface area contributed by atoms with Crippen LogP contribution in [-0.4, -0.2) is 38.1 Å². The highest BCUT2D eigenvalue weighted by Gasteiger charge is 2.28. The van der Waals surface area contributed by atoms with E-state index in [2.05, 4.69) is 38.2 Å². The Hall–Kier alpha value is -2.45. The molecule has 1 aromatic rings. The minimum atomic E-state index is -4.77. The van der Waals surface area contributed by atoms with Gasteiger partial charge in [0.05, 0.1) is 24.3 Å². The third kappa shape index (κ3) is 25.5. The predicted molar refractivity (Wildman–Crippen MR) is 216 cm³/mol. The maximum absolute atomic E-state index is 13.0. The van der Waals surface area contributed by atoms with E-state index in [0.29, 0.717) is 12.8 Å². The van der Waals surface area contributed by atoms with Crippen molar-refractivity contribution in [1.29, 1.82) is 0 Å². The summed E-state index contributed by atoms with van der Waals surface area (Å²) in [7, 11) is -4.77. The second-order valence-electron chi connectivity index (χ2n) is 14.3. The van der Waals surface area contributed by atoms with E-state index in [1.807, 2.05) is 0 Å². The fourth-order valence-electron chi connectivity index (χ4n) is 6.31. The Morgan fingerprint density at radius 3 is 1.25 bits per heavy atom. The van der Waals surface area contributed by atoms with Crippen LogP contribution in [0.2, 0.25) is 0 Å². The molecule has 0 aliphatic heterocycles. The normalized spacial score (nSPS) is 11.9. The van der Waals surface area contributed by atoms with E-state index in [9.17, 15) is 22.6 Å². The van der Waals surface area contributed by atoms with Crippen LogP contribution in [0.25, 0.3) is 0 Å². The topological polar surface area (TPSA) is 107 Å². The second kappa shape index (κ2) is 33.1. The van der Waals surface area contributed by atoms with Crippen molar-refractivity contribution in [2.45, 2.75) is 199 Å². The SMILES string of the molecule is CCCCCCCCCCC/C=C/CCCCCOC(=O)c1cccc(S(=O)(=O)O)c1C(=O)OCCCCC/C=C/CCCCCCCCCCC. The average molecular weight is 747 g/mol. The van der Waals surface area contributed by atoms with Crippen molar-refractivity contribution >= 4 is 22.1 Å². The van der Waals surface area contributed by atoms with Crippen LogP contribution in [0.3, 0.4) is 0 Å². The summed E-state index contributed by atoms with van der Waals surface area (Å²) < 4.78 is 44.7. The second-order valence-corrected chi connectivity index (χ2v) is 15.7. The molecule has 1 N–H and O–H groups in total. The van der Waals surface area contributed by atoms with E-state index < -0.39 is 32.5 Å². The van der Waals surface area contributed by atoms with E-state index in [1.54, 1.807) is 0 Å². The highest BCUT2D eigenvalue weighted by Crippen LogP contribution is 2.23. The molecule has 0 heterocycles. The highest BCUT2D eigenvalue weighted by atomic mass is 32.2. The lowest BCUT2D eigenvalue weighted by Gasteiger charge is -2.12. The number of carbonyl (C=O) groups excluding carboxylic acids is 2. The van der Waals surface area contributed by atoms with Crippen LogP contribution in [-0.2, 0) is 19.6 Å². The van der Waals surface area contributed by atoms with E-state index >= 15 is 0 Å². The van der Waals surface area contributed by atoms with Crippen LogP contribution < -0.4 is 0 Å². The first kappa shape index (κ1) is 47.6. The van der Waals surface area contributed by atoms with Crippen molar-refractivity contribution < 1.29 is 32.0 Å². The van der Waals surface area contributed by atoms with Gasteiger partial charge in [-0.1, -0.05) is 147 Å². The number of hydrogen-bond acceptors (Lipinski definition) is 6. The molecule has 0 aromatic heterocycles. The summed E-state index contributed by atoms with van der Waals surface area (Å²) in [5.41, 5.74) is -0.705. The van der Waals surface area contributed by atoms with Crippen LogP contribution in [0.15, 0.2) is 47.4 Å². The lowest BCUT2D eigenvalue weighted by Crippen LogP contribution is -2.19. The van der Waals surface area contributed by atoms with Crippen LogP contribution in [0.4, 0.5) is 0 Å². The fourth-order valence-corrected chi connectivity index (χ4v) is 7.01. The van der Waals surface area contributed by atoms with Gasteiger partial charge < -0.3 is 9.47 Å². The van der Waals surface area contributed by atoms with E-state index in [0.717, 1.165) is 57.4 Å². The zero-order valence-corrected chi connectivity index (χ0v) is 33.9. The van der Waals surface area contributed by atoms with E-state index in [1.165, 1.54) is 128 Å². The van der Waals surface area contributed by atoms with Crippen molar-refractivity contribution in [2.24, 2.45) is 0 Å². The van der Waals surface area contributed by atoms with Crippen molar-refractivity contribution in [3.05, 3.63) is 53.6 Å². The fraction of sp³-hybridized carbons (Fsp3) is 0.727. The van der Waals surface area contributed by atoms with Gasteiger partial charge in [0.1, 0.15) is 4.90 Å². The minimum Gasteiger partial charge on any atom is -0.462 e. The van der Waals surface area contributed by atoms with Gasteiger partial charge in [0.2, 0.25) is 0 Å². The lowest BCUT2D eigenvalue weighted by molar-refractivity contribution is 0.0447. The average Bonchev–Trinajstić information content (AvgIpc) is 3.13. The molecular formula is C44H74O7S. The number of hydrogen-bond donors (Lipinski definition) is 1. The summed E-state index contributed by atoms with van der Waals surface area (Å²) in [6.45, 7) is 4.74. The monoisotopic (exact) mass is 747 g/mol. The number of esters is 2. The van der Waals surface area contributed by atoms with Gasteiger partial charge in [-0.15, -0.1) is 0 Å². The molecule has 8 heteroatoms. The first-order valence-corrected chi connectivity index (χ1v) is 22.5. The van der Waals surface area contributed by atoms with Crippen molar-refractivity contribution in [1.82, 2.24) is 0 Å². The number of carbonyl (C=O) groups is 2. The smallest absolute Gasteiger partial charge is 0.340 e. The molecule has 0 saturated heterocycles. The summed E-state index contributed by atoms with van der Waals surface area (Å²) in [6.07, 6.45) is 42.1. The van der Waals surface area contributed by atoms with Crippen LogP contribution in [0, 0.1) is 0 Å². The van der Waals surface area contributed by atoms with Crippen molar-refractivity contribution in [2.75, 3.05) is 13.2 Å². The van der Waals surface area contributed by atoms with Gasteiger partial charge >= 0.3 is 11.9 Å². The van der Waals surface area contributed by atoms with Crippen LogP contribution in [0.5, 0.6) is 0 Å². The van der Waals surface area contributed by atoms with Gasteiger partial charge in [-0.3, -0.25) is 4.55 Å². The van der Waals surface area contributed by atoms with Gasteiger partial charge in [-0.2, -0.15) is 8.42 Å². The molecule has 0 bridgehead atoms. The highest BCUT2D eigenvalue weighted by molar-refractivity contribution is 7.86. The molecule has 7 nitrogen and oxygen atoms in total. The molecule has 0 fully saturated rings. The van der Waals surface area contributed by atoms with Crippen LogP contribution >= 0.6 is 0 Å². The first-order valence-electron chi connectivity index (χ1n) is 21.1. The number of benzene rings is 1.